The maximum Gasteiger partial charge on any atom is 0.271 e. The molecule has 4 aromatic rings. The normalized spacial score (nSPS) is 11.6. The lowest BCUT2D eigenvalue weighted by atomic mass is 10.1. The Bertz CT molecular complexity index is 1260. The number of halogens is 1. The van der Waals surface area contributed by atoms with Crippen LogP contribution in [0.3, 0.4) is 0 Å². The third-order valence-electron chi connectivity index (χ3n) is 4.51. The van der Waals surface area contributed by atoms with Gasteiger partial charge in [-0.2, -0.15) is 10.4 Å². The average molecular weight is 449 g/mol. The van der Waals surface area contributed by atoms with E-state index in [0.717, 1.165) is 21.8 Å². The van der Waals surface area contributed by atoms with Crippen molar-refractivity contribution >= 4 is 28.8 Å². The number of nitrogens with one attached hydrogen (secondary N) is 1. The smallest absolute Gasteiger partial charge is 0.271 e. The van der Waals surface area contributed by atoms with Crippen molar-refractivity contribution in [3.63, 3.8) is 0 Å². The molecule has 7 nitrogen and oxygen atoms in total. The molecule has 0 unspecified atom stereocenters. The molecule has 31 heavy (non-hydrogen) atoms. The van der Waals surface area contributed by atoms with Crippen LogP contribution in [0, 0.1) is 11.3 Å². The third kappa shape index (κ3) is 4.79. The molecule has 1 amide bonds. The zero-order valence-electron chi connectivity index (χ0n) is 16.5. The summed E-state index contributed by atoms with van der Waals surface area (Å²) in [5.41, 5.74) is 3.25. The molecule has 0 saturated heterocycles. The van der Waals surface area contributed by atoms with Crippen molar-refractivity contribution in [2.24, 2.45) is 0 Å². The maximum atomic E-state index is 12.6. The summed E-state index contributed by atoms with van der Waals surface area (Å²) in [6, 6.07) is 12.7. The fraction of sp³-hybridized carbons (Fsp3) is 0.136. The standard InChI is InChI=1S/C22H17ClN6OS/c1-14(26-21(30)20-13-31-22(27-20)17-3-2-7-25-11-17)12-29-8-6-19(28-29)15-4-5-16(10-24)18(23)9-15/h2-9,11,13-14H,12H2,1H3,(H,26,30)/t14-/m1/s1. The van der Waals surface area contributed by atoms with E-state index >= 15 is 0 Å². The van der Waals surface area contributed by atoms with E-state index in [1.807, 2.05) is 43.5 Å². The highest BCUT2D eigenvalue weighted by atomic mass is 35.5. The summed E-state index contributed by atoms with van der Waals surface area (Å²) in [5, 5.41) is 19.4. The van der Waals surface area contributed by atoms with E-state index < -0.39 is 0 Å². The summed E-state index contributed by atoms with van der Waals surface area (Å²) in [4.78, 5) is 21.1. The highest BCUT2D eigenvalue weighted by Crippen LogP contribution is 2.24. The number of pyridine rings is 1. The molecule has 154 valence electrons. The molecular weight excluding hydrogens is 432 g/mol. The van der Waals surface area contributed by atoms with Crippen molar-refractivity contribution in [3.05, 3.63) is 76.6 Å². The zero-order valence-corrected chi connectivity index (χ0v) is 18.1. The monoisotopic (exact) mass is 448 g/mol. The van der Waals surface area contributed by atoms with E-state index in [2.05, 4.69) is 20.4 Å². The molecule has 0 spiro atoms. The topological polar surface area (TPSA) is 96.5 Å². The van der Waals surface area contributed by atoms with Crippen molar-refractivity contribution < 1.29 is 4.79 Å². The van der Waals surface area contributed by atoms with Gasteiger partial charge in [-0.25, -0.2) is 4.98 Å². The van der Waals surface area contributed by atoms with Crippen molar-refractivity contribution in [1.82, 2.24) is 25.1 Å². The van der Waals surface area contributed by atoms with Gasteiger partial charge in [-0.15, -0.1) is 11.3 Å². The van der Waals surface area contributed by atoms with Crippen LogP contribution in [0.25, 0.3) is 21.8 Å². The second-order valence-electron chi connectivity index (χ2n) is 6.88. The fourth-order valence-electron chi connectivity index (χ4n) is 3.01. The van der Waals surface area contributed by atoms with Crippen LogP contribution in [0.2, 0.25) is 5.02 Å². The summed E-state index contributed by atoms with van der Waals surface area (Å²) in [6.45, 7) is 2.40. The molecule has 1 aromatic carbocycles. The molecule has 4 rings (SSSR count). The lowest BCUT2D eigenvalue weighted by Crippen LogP contribution is -2.36. The molecule has 0 saturated carbocycles. The molecular formula is C22H17ClN6OS. The van der Waals surface area contributed by atoms with Crippen LogP contribution in [0.5, 0.6) is 0 Å². The van der Waals surface area contributed by atoms with Crippen molar-refractivity contribution in [2.45, 2.75) is 19.5 Å². The number of amides is 1. The van der Waals surface area contributed by atoms with E-state index in [-0.39, 0.29) is 11.9 Å². The van der Waals surface area contributed by atoms with Crippen LogP contribution in [0.4, 0.5) is 0 Å². The first kappa shape index (κ1) is 20.7. The van der Waals surface area contributed by atoms with Gasteiger partial charge in [-0.05, 0) is 37.3 Å². The Kier molecular flexibility index (Phi) is 6.07. The number of nitrogens with zero attached hydrogens (tertiary/aromatic N) is 5. The molecule has 0 aliphatic rings. The van der Waals surface area contributed by atoms with Crippen LogP contribution in [-0.2, 0) is 6.54 Å². The quantitative estimate of drug-likeness (QED) is 0.471. The first-order valence-electron chi connectivity index (χ1n) is 9.44. The van der Waals surface area contributed by atoms with Gasteiger partial charge in [0.25, 0.3) is 5.91 Å². The second-order valence-corrected chi connectivity index (χ2v) is 8.15. The van der Waals surface area contributed by atoms with Gasteiger partial charge >= 0.3 is 0 Å². The van der Waals surface area contributed by atoms with Gasteiger partial charge in [-0.1, -0.05) is 17.7 Å². The lowest BCUT2D eigenvalue weighted by molar-refractivity contribution is 0.0931. The second kappa shape index (κ2) is 9.08. The number of rotatable bonds is 6. The number of nitriles is 1. The van der Waals surface area contributed by atoms with Gasteiger partial charge in [0.2, 0.25) is 0 Å². The molecule has 1 atom stereocenters. The van der Waals surface area contributed by atoms with E-state index in [9.17, 15) is 4.79 Å². The summed E-state index contributed by atoms with van der Waals surface area (Å²) in [5.74, 6) is -0.231. The van der Waals surface area contributed by atoms with Gasteiger partial charge < -0.3 is 5.32 Å². The first-order chi connectivity index (χ1) is 15.0. The first-order valence-corrected chi connectivity index (χ1v) is 10.7. The third-order valence-corrected chi connectivity index (χ3v) is 5.71. The molecule has 3 aromatic heterocycles. The van der Waals surface area contributed by atoms with E-state index in [1.54, 1.807) is 34.6 Å². The Hall–Kier alpha value is -3.54. The Balaban J connectivity index is 1.39. The predicted octanol–water partition coefficient (Wildman–Crippen LogP) is 4.41. The highest BCUT2D eigenvalue weighted by Gasteiger charge is 2.15. The zero-order chi connectivity index (χ0) is 21.8. The molecule has 3 heterocycles. The van der Waals surface area contributed by atoms with Gasteiger partial charge in [0.05, 0.1) is 22.8 Å². The summed E-state index contributed by atoms with van der Waals surface area (Å²) in [6.07, 6.45) is 5.26. The number of carbonyl (C=O) groups is 1. The minimum Gasteiger partial charge on any atom is -0.346 e. The van der Waals surface area contributed by atoms with Gasteiger partial charge in [-0.3, -0.25) is 14.5 Å². The summed E-state index contributed by atoms with van der Waals surface area (Å²) < 4.78 is 1.76. The SMILES string of the molecule is C[C@H](Cn1ccc(-c2ccc(C#N)c(Cl)c2)n1)NC(=O)c1csc(-c2cccnc2)n1. The molecule has 9 heteroatoms. The Morgan fingerprint density at radius 2 is 2.19 bits per heavy atom. The van der Waals surface area contributed by atoms with E-state index in [4.69, 9.17) is 16.9 Å². The molecule has 0 aliphatic carbocycles. The minimum atomic E-state index is -0.231. The summed E-state index contributed by atoms with van der Waals surface area (Å²) in [7, 11) is 0. The molecule has 0 bridgehead atoms. The van der Waals surface area contributed by atoms with Crippen molar-refractivity contribution in [3.8, 4) is 27.9 Å². The largest absolute Gasteiger partial charge is 0.346 e. The fourth-order valence-corrected chi connectivity index (χ4v) is 4.02. The number of aromatic nitrogens is 4. The number of carbonyl (C=O) groups excluding carboxylic acids is 1. The Morgan fingerprint density at radius 3 is 2.94 bits per heavy atom. The van der Waals surface area contributed by atoms with E-state index in [0.29, 0.717) is 22.8 Å². The Morgan fingerprint density at radius 1 is 1.32 bits per heavy atom. The molecule has 1 N–H and O–H groups in total. The lowest BCUT2D eigenvalue weighted by Gasteiger charge is -2.13. The van der Waals surface area contributed by atoms with Gasteiger partial charge in [0, 0.05) is 41.1 Å². The van der Waals surface area contributed by atoms with Gasteiger partial charge in [0.1, 0.15) is 16.8 Å². The van der Waals surface area contributed by atoms with Crippen molar-refractivity contribution in [2.75, 3.05) is 0 Å². The van der Waals surface area contributed by atoms with E-state index in [1.165, 1.54) is 11.3 Å². The predicted molar refractivity (Wildman–Crippen MR) is 120 cm³/mol. The summed E-state index contributed by atoms with van der Waals surface area (Å²) >= 11 is 7.52. The maximum absolute atomic E-state index is 12.6. The number of benzene rings is 1. The van der Waals surface area contributed by atoms with Crippen LogP contribution < -0.4 is 5.32 Å². The molecule has 0 aliphatic heterocycles. The van der Waals surface area contributed by atoms with Crippen LogP contribution in [0.1, 0.15) is 23.0 Å². The van der Waals surface area contributed by atoms with Crippen molar-refractivity contribution in [1.29, 1.82) is 5.26 Å². The number of hydrogen-bond acceptors (Lipinski definition) is 6. The average Bonchev–Trinajstić information content (AvgIpc) is 3.44. The van der Waals surface area contributed by atoms with Crippen LogP contribution in [-0.4, -0.2) is 31.7 Å². The highest BCUT2D eigenvalue weighted by molar-refractivity contribution is 7.13. The number of thiazole rings is 1. The van der Waals surface area contributed by atoms with Gasteiger partial charge in [0.15, 0.2) is 0 Å². The molecule has 0 fully saturated rings. The molecule has 0 radical (unpaired) electrons. The number of hydrogen-bond donors (Lipinski definition) is 1. The Labute approximate surface area is 188 Å². The minimum absolute atomic E-state index is 0.159. The van der Waals surface area contributed by atoms with Crippen LogP contribution in [0.15, 0.2) is 60.4 Å². The van der Waals surface area contributed by atoms with Crippen LogP contribution >= 0.6 is 22.9 Å².